The van der Waals surface area contributed by atoms with Gasteiger partial charge in [-0.15, -0.1) is 0 Å². The molecule has 0 radical (unpaired) electrons. The van der Waals surface area contributed by atoms with E-state index in [0.29, 0.717) is 50.1 Å². The summed E-state index contributed by atoms with van der Waals surface area (Å²) in [6.45, 7) is 6.63. The molecule has 0 bridgehead atoms. The minimum absolute atomic E-state index is 0.0648. The molecule has 136 valence electrons. The van der Waals surface area contributed by atoms with Crippen LogP contribution in [-0.2, 0) is 9.47 Å². The van der Waals surface area contributed by atoms with Gasteiger partial charge < -0.3 is 24.3 Å². The van der Waals surface area contributed by atoms with Crippen molar-refractivity contribution in [3.05, 3.63) is 35.4 Å². The molecule has 0 aromatic heterocycles. The van der Waals surface area contributed by atoms with Gasteiger partial charge in [-0.25, -0.2) is 0 Å². The zero-order valence-electron chi connectivity index (χ0n) is 14.7. The van der Waals surface area contributed by atoms with Crippen LogP contribution in [0.3, 0.4) is 0 Å². The van der Waals surface area contributed by atoms with Crippen molar-refractivity contribution in [2.24, 2.45) is 0 Å². The van der Waals surface area contributed by atoms with Crippen molar-refractivity contribution in [1.29, 1.82) is 0 Å². The van der Waals surface area contributed by atoms with E-state index in [4.69, 9.17) is 18.9 Å². The maximum Gasteiger partial charge on any atom is 0.255 e. The smallest absolute Gasteiger partial charge is 0.255 e. The Balaban J connectivity index is 1.67. The molecule has 25 heavy (non-hydrogen) atoms. The molecule has 6 nitrogen and oxygen atoms in total. The molecular formula is C19H25NO5. The van der Waals surface area contributed by atoms with Crippen molar-refractivity contribution >= 4 is 5.91 Å². The first kappa shape index (κ1) is 17.8. The second-order valence-electron chi connectivity index (χ2n) is 6.43. The number of ether oxygens (including phenoxy) is 4. The molecule has 1 amide bonds. The molecule has 1 N–H and O–H groups in total. The fraction of sp³-hybridized carbons (Fsp3) is 0.526. The molecule has 0 spiro atoms. The van der Waals surface area contributed by atoms with E-state index in [1.807, 2.05) is 19.9 Å². The van der Waals surface area contributed by atoms with Gasteiger partial charge in [-0.1, -0.05) is 17.7 Å². The maximum atomic E-state index is 12.7. The monoisotopic (exact) mass is 347 g/mol. The topological polar surface area (TPSA) is 66.0 Å². The van der Waals surface area contributed by atoms with E-state index in [1.54, 1.807) is 18.2 Å². The number of nitrogens with one attached hydrogen (secondary N) is 1. The predicted molar refractivity (Wildman–Crippen MR) is 93.3 cm³/mol. The summed E-state index contributed by atoms with van der Waals surface area (Å²) in [5.74, 6) is 0.911. The van der Waals surface area contributed by atoms with Crippen LogP contribution in [0.4, 0.5) is 0 Å². The lowest BCUT2D eigenvalue weighted by atomic mass is 10.1. The van der Waals surface area contributed by atoms with Gasteiger partial charge in [0.1, 0.15) is 13.2 Å². The third-order valence-corrected chi connectivity index (χ3v) is 4.22. The number of allylic oxidation sites excluding steroid dienone is 1. The Hall–Kier alpha value is -2.05. The number of para-hydroxylation sites is 1. The summed E-state index contributed by atoms with van der Waals surface area (Å²) >= 11 is 0. The highest BCUT2D eigenvalue weighted by Crippen LogP contribution is 2.33. The zero-order valence-corrected chi connectivity index (χ0v) is 14.7. The third-order valence-electron chi connectivity index (χ3n) is 4.22. The zero-order chi connectivity index (χ0) is 17.6. The summed E-state index contributed by atoms with van der Waals surface area (Å²) in [4.78, 5) is 12.7. The highest BCUT2D eigenvalue weighted by molar-refractivity contribution is 5.98. The summed E-state index contributed by atoms with van der Waals surface area (Å²) < 4.78 is 22.6. The van der Waals surface area contributed by atoms with E-state index >= 15 is 0 Å². The van der Waals surface area contributed by atoms with Gasteiger partial charge in [0.2, 0.25) is 0 Å². The Morgan fingerprint density at radius 1 is 1.28 bits per heavy atom. The first-order valence-corrected chi connectivity index (χ1v) is 8.67. The molecule has 0 aliphatic carbocycles. The van der Waals surface area contributed by atoms with Crippen LogP contribution in [0, 0.1) is 0 Å². The second kappa shape index (κ2) is 8.36. The number of hydrogen-bond acceptors (Lipinski definition) is 5. The van der Waals surface area contributed by atoms with Crippen molar-refractivity contribution in [3.63, 3.8) is 0 Å². The molecular weight excluding hydrogens is 322 g/mol. The van der Waals surface area contributed by atoms with E-state index < -0.39 is 0 Å². The maximum absolute atomic E-state index is 12.7. The average Bonchev–Trinajstić information content (AvgIpc) is 2.62. The van der Waals surface area contributed by atoms with Gasteiger partial charge in [-0.3, -0.25) is 4.79 Å². The molecule has 1 saturated heterocycles. The first-order chi connectivity index (χ1) is 12.1. The minimum atomic E-state index is -0.200. The second-order valence-corrected chi connectivity index (χ2v) is 6.43. The summed E-state index contributed by atoms with van der Waals surface area (Å²) in [6.07, 6.45) is 2.73. The van der Waals surface area contributed by atoms with Gasteiger partial charge >= 0.3 is 0 Å². The number of fused-ring (bicyclic) bond motifs is 1. The third kappa shape index (κ3) is 4.52. The van der Waals surface area contributed by atoms with E-state index in [9.17, 15) is 4.79 Å². The van der Waals surface area contributed by atoms with Crippen LogP contribution < -0.4 is 14.8 Å². The fourth-order valence-electron chi connectivity index (χ4n) is 2.89. The molecule has 2 heterocycles. The van der Waals surface area contributed by atoms with E-state index in [2.05, 4.69) is 5.32 Å². The van der Waals surface area contributed by atoms with E-state index in [1.165, 1.54) is 5.57 Å². The number of carbonyl (C=O) groups is 1. The van der Waals surface area contributed by atoms with Gasteiger partial charge in [0.25, 0.3) is 5.91 Å². The van der Waals surface area contributed by atoms with Crippen LogP contribution in [-0.4, -0.2) is 51.1 Å². The van der Waals surface area contributed by atoms with Gasteiger partial charge in [-0.2, -0.15) is 0 Å². The highest BCUT2D eigenvalue weighted by atomic mass is 16.6. The SMILES string of the molecule is CC(C)=CCO[C@H]1CCOC[C@H]1NC(=O)c1cccc2c1OCCO2. The number of carbonyl (C=O) groups excluding carboxylic acids is 1. The van der Waals surface area contributed by atoms with Crippen molar-refractivity contribution in [2.75, 3.05) is 33.0 Å². The van der Waals surface area contributed by atoms with Gasteiger partial charge in [0, 0.05) is 6.61 Å². The molecule has 0 unspecified atom stereocenters. The van der Waals surface area contributed by atoms with Gasteiger partial charge in [0.15, 0.2) is 11.5 Å². The summed E-state index contributed by atoms with van der Waals surface area (Å²) in [5, 5.41) is 3.03. The molecule has 1 fully saturated rings. The average molecular weight is 347 g/mol. The van der Waals surface area contributed by atoms with Crippen LogP contribution in [0.5, 0.6) is 11.5 Å². The fourth-order valence-corrected chi connectivity index (χ4v) is 2.89. The Kier molecular flexibility index (Phi) is 5.94. The summed E-state index contributed by atoms with van der Waals surface area (Å²) in [7, 11) is 0. The summed E-state index contributed by atoms with van der Waals surface area (Å²) in [6, 6.07) is 5.15. The van der Waals surface area contributed by atoms with Gasteiger partial charge in [-0.05, 0) is 32.4 Å². The highest BCUT2D eigenvalue weighted by Gasteiger charge is 2.29. The molecule has 2 aliphatic heterocycles. The van der Waals surface area contributed by atoms with Crippen LogP contribution in [0.25, 0.3) is 0 Å². The molecule has 1 aromatic carbocycles. The number of hydrogen-bond donors (Lipinski definition) is 1. The Morgan fingerprint density at radius 2 is 2.12 bits per heavy atom. The van der Waals surface area contributed by atoms with Crippen molar-refractivity contribution in [2.45, 2.75) is 32.4 Å². The van der Waals surface area contributed by atoms with Crippen LogP contribution in [0.15, 0.2) is 29.8 Å². The van der Waals surface area contributed by atoms with Crippen LogP contribution in [0.2, 0.25) is 0 Å². The Labute approximate surface area is 148 Å². The summed E-state index contributed by atoms with van der Waals surface area (Å²) in [5.41, 5.74) is 1.69. The van der Waals surface area contributed by atoms with Crippen molar-refractivity contribution in [1.82, 2.24) is 5.32 Å². The molecule has 2 atom stereocenters. The molecule has 1 aromatic rings. The lowest BCUT2D eigenvalue weighted by Crippen LogP contribution is -2.50. The Bertz CT molecular complexity index is 639. The lowest BCUT2D eigenvalue weighted by Gasteiger charge is -2.32. The number of amides is 1. The lowest BCUT2D eigenvalue weighted by molar-refractivity contribution is -0.0457. The molecule has 3 rings (SSSR count). The minimum Gasteiger partial charge on any atom is -0.486 e. The van der Waals surface area contributed by atoms with E-state index in [0.717, 1.165) is 6.42 Å². The molecule has 6 heteroatoms. The first-order valence-electron chi connectivity index (χ1n) is 8.67. The standard InChI is InChI=1S/C19H25NO5/c1-13(2)6-9-23-16-7-8-22-12-15(16)20-19(21)14-4-3-5-17-18(14)25-11-10-24-17/h3-6,15-16H,7-12H2,1-2H3,(H,20,21)/t15-,16+/m1/s1. The quantitative estimate of drug-likeness (QED) is 0.828. The Morgan fingerprint density at radius 3 is 2.96 bits per heavy atom. The normalized spacial score (nSPS) is 22.2. The van der Waals surface area contributed by atoms with Gasteiger partial charge in [0.05, 0.1) is 30.9 Å². The van der Waals surface area contributed by atoms with E-state index in [-0.39, 0.29) is 18.1 Å². The molecule has 0 saturated carbocycles. The van der Waals surface area contributed by atoms with Crippen LogP contribution in [0.1, 0.15) is 30.6 Å². The largest absolute Gasteiger partial charge is 0.486 e. The van der Waals surface area contributed by atoms with Crippen LogP contribution >= 0.6 is 0 Å². The number of rotatable bonds is 5. The molecule has 2 aliphatic rings. The number of benzene rings is 1. The van der Waals surface area contributed by atoms with Crippen molar-refractivity contribution in [3.8, 4) is 11.5 Å². The van der Waals surface area contributed by atoms with Crippen molar-refractivity contribution < 1.29 is 23.7 Å². The predicted octanol–water partition coefficient (Wildman–Crippen LogP) is 2.33.